The van der Waals surface area contributed by atoms with Crippen molar-refractivity contribution in [2.45, 2.75) is 20.8 Å². The first-order valence-electron chi connectivity index (χ1n) is 11.8. The van der Waals surface area contributed by atoms with Gasteiger partial charge in [0.1, 0.15) is 5.01 Å². The Hall–Kier alpha value is -3.21. The van der Waals surface area contributed by atoms with Crippen LogP contribution in [0.2, 0.25) is 0 Å². The first kappa shape index (κ1) is 26.8. The molecular weight excluding hydrogens is 574 g/mol. The lowest BCUT2D eigenvalue weighted by Crippen LogP contribution is -2.34. The number of halogens is 1. The minimum atomic E-state index is -0.402. The number of benzene rings is 3. The van der Waals surface area contributed by atoms with Crippen LogP contribution in [0.4, 0.5) is 5.69 Å². The van der Waals surface area contributed by atoms with Crippen molar-refractivity contribution in [3.63, 3.8) is 0 Å². The van der Waals surface area contributed by atoms with Gasteiger partial charge < -0.3 is 19.5 Å². The van der Waals surface area contributed by atoms with Crippen LogP contribution in [0.3, 0.4) is 0 Å². The van der Waals surface area contributed by atoms with E-state index >= 15 is 0 Å². The molecule has 0 saturated carbocycles. The number of para-hydroxylation sites is 1. The minimum Gasteiger partial charge on any atom is -0.490 e. The molecule has 1 amide bonds. The maximum Gasteiger partial charge on any atom is 0.257 e. The van der Waals surface area contributed by atoms with Crippen molar-refractivity contribution in [2.24, 2.45) is 0 Å². The standard InChI is InChI=1S/C27H26BrN3O4S2/c1-4-33-21-13-16(14-22(34-5-2)24(21)35-6-3)25(32)31-27(36)30-19-12-11-17(28)15-18(19)26-29-20-9-7-8-10-23(20)37-26/h7-15H,4-6H2,1-3H3,(H2,30,31,32,36). The van der Waals surface area contributed by atoms with E-state index in [4.69, 9.17) is 31.4 Å². The highest BCUT2D eigenvalue weighted by Gasteiger charge is 2.20. The molecule has 0 aliphatic carbocycles. The Balaban J connectivity index is 1.58. The van der Waals surface area contributed by atoms with Gasteiger partial charge in [-0.05, 0) is 75.5 Å². The number of carbonyl (C=O) groups excluding carboxylic acids is 1. The summed E-state index contributed by atoms with van der Waals surface area (Å²) in [5.41, 5.74) is 2.85. The number of nitrogens with zero attached hydrogens (tertiary/aromatic N) is 1. The van der Waals surface area contributed by atoms with E-state index in [2.05, 4.69) is 26.6 Å². The zero-order valence-corrected chi connectivity index (χ0v) is 23.8. The van der Waals surface area contributed by atoms with Crippen molar-refractivity contribution in [3.8, 4) is 27.8 Å². The zero-order valence-electron chi connectivity index (χ0n) is 20.6. The number of nitrogens with one attached hydrogen (secondary N) is 2. The zero-order chi connectivity index (χ0) is 26.4. The van der Waals surface area contributed by atoms with E-state index in [-0.39, 0.29) is 5.11 Å². The third kappa shape index (κ3) is 6.38. The monoisotopic (exact) mass is 599 g/mol. The van der Waals surface area contributed by atoms with Gasteiger partial charge in [0.15, 0.2) is 16.6 Å². The van der Waals surface area contributed by atoms with Crippen molar-refractivity contribution < 1.29 is 19.0 Å². The summed E-state index contributed by atoms with van der Waals surface area (Å²) in [5.74, 6) is 0.940. The highest BCUT2D eigenvalue weighted by Crippen LogP contribution is 2.39. The van der Waals surface area contributed by atoms with E-state index in [0.717, 1.165) is 30.9 Å². The molecule has 1 heterocycles. The van der Waals surface area contributed by atoms with Gasteiger partial charge in [0.05, 0.1) is 35.7 Å². The quantitative estimate of drug-likeness (QED) is 0.199. The van der Waals surface area contributed by atoms with Crippen LogP contribution in [0.15, 0.2) is 59.1 Å². The smallest absolute Gasteiger partial charge is 0.257 e. The summed E-state index contributed by atoms with van der Waals surface area (Å²) < 4.78 is 19.2. The number of fused-ring (bicyclic) bond motifs is 1. The van der Waals surface area contributed by atoms with Gasteiger partial charge in [-0.25, -0.2) is 4.98 Å². The van der Waals surface area contributed by atoms with E-state index in [1.165, 1.54) is 0 Å². The summed E-state index contributed by atoms with van der Waals surface area (Å²) in [6.45, 7) is 6.86. The molecule has 2 N–H and O–H groups in total. The van der Waals surface area contributed by atoms with Gasteiger partial charge in [-0.15, -0.1) is 11.3 Å². The van der Waals surface area contributed by atoms with Gasteiger partial charge in [0, 0.05) is 15.6 Å². The summed E-state index contributed by atoms with van der Waals surface area (Å²) in [6.07, 6.45) is 0. The van der Waals surface area contributed by atoms with Crippen LogP contribution in [-0.2, 0) is 0 Å². The summed E-state index contributed by atoms with van der Waals surface area (Å²) in [4.78, 5) is 17.9. The normalized spacial score (nSPS) is 10.7. The van der Waals surface area contributed by atoms with Gasteiger partial charge in [-0.2, -0.15) is 0 Å². The average molecular weight is 601 g/mol. The van der Waals surface area contributed by atoms with Crippen molar-refractivity contribution >= 4 is 66.4 Å². The number of ether oxygens (including phenoxy) is 3. The Bertz CT molecular complexity index is 1380. The molecule has 0 unspecified atom stereocenters. The maximum atomic E-state index is 13.1. The van der Waals surface area contributed by atoms with Crippen LogP contribution in [0.5, 0.6) is 17.2 Å². The Labute approximate surface area is 233 Å². The molecule has 0 spiro atoms. The molecule has 0 fully saturated rings. The number of amides is 1. The lowest BCUT2D eigenvalue weighted by Gasteiger charge is -2.17. The highest BCUT2D eigenvalue weighted by atomic mass is 79.9. The molecule has 0 atom stereocenters. The van der Waals surface area contributed by atoms with Crippen LogP contribution in [0.25, 0.3) is 20.8 Å². The predicted octanol–water partition coefficient (Wildman–Crippen LogP) is 7.05. The highest BCUT2D eigenvalue weighted by molar-refractivity contribution is 9.10. The molecule has 4 aromatic rings. The maximum absolute atomic E-state index is 13.1. The number of carbonyl (C=O) groups is 1. The van der Waals surface area contributed by atoms with Gasteiger partial charge >= 0.3 is 0 Å². The number of hydrogen-bond donors (Lipinski definition) is 2. The molecule has 3 aromatic carbocycles. The number of hydrogen-bond acceptors (Lipinski definition) is 7. The van der Waals surface area contributed by atoms with E-state index in [0.29, 0.717) is 42.6 Å². The van der Waals surface area contributed by atoms with Gasteiger partial charge in [0.2, 0.25) is 5.75 Å². The second-order valence-corrected chi connectivity index (χ2v) is 10.0. The Morgan fingerprint density at radius 3 is 2.30 bits per heavy atom. The molecule has 0 saturated heterocycles. The molecule has 10 heteroatoms. The molecule has 4 rings (SSSR count). The number of thiazole rings is 1. The van der Waals surface area contributed by atoms with Crippen LogP contribution in [-0.4, -0.2) is 35.8 Å². The summed E-state index contributed by atoms with van der Waals surface area (Å²) in [6, 6.07) is 17.0. The molecule has 192 valence electrons. The number of anilines is 1. The van der Waals surface area contributed by atoms with Crippen molar-refractivity contribution in [1.82, 2.24) is 10.3 Å². The SMILES string of the molecule is CCOc1cc(C(=O)NC(=S)Nc2ccc(Br)cc2-c2nc3ccccc3s2)cc(OCC)c1OCC. The van der Waals surface area contributed by atoms with E-state index in [1.807, 2.05) is 63.2 Å². The summed E-state index contributed by atoms with van der Waals surface area (Å²) in [7, 11) is 0. The average Bonchev–Trinajstić information content (AvgIpc) is 3.31. The second kappa shape index (κ2) is 12.4. The molecule has 0 radical (unpaired) electrons. The van der Waals surface area contributed by atoms with Gasteiger partial charge in [0.25, 0.3) is 5.91 Å². The molecular formula is C27H26BrN3O4S2. The summed E-state index contributed by atoms with van der Waals surface area (Å²) >= 11 is 10.6. The Morgan fingerprint density at radius 1 is 0.973 bits per heavy atom. The number of thiocarbonyl (C=S) groups is 1. The lowest BCUT2D eigenvalue weighted by molar-refractivity contribution is 0.0976. The number of rotatable bonds is 9. The Morgan fingerprint density at radius 2 is 1.65 bits per heavy atom. The third-order valence-electron chi connectivity index (χ3n) is 5.15. The predicted molar refractivity (Wildman–Crippen MR) is 156 cm³/mol. The Kier molecular flexibility index (Phi) is 8.96. The molecule has 0 aliphatic heterocycles. The first-order valence-corrected chi connectivity index (χ1v) is 13.8. The molecule has 0 aliphatic rings. The van der Waals surface area contributed by atoms with Crippen LogP contribution < -0.4 is 24.8 Å². The van der Waals surface area contributed by atoms with Crippen molar-refractivity contribution in [3.05, 3.63) is 64.6 Å². The van der Waals surface area contributed by atoms with Gasteiger partial charge in [-0.1, -0.05) is 28.1 Å². The van der Waals surface area contributed by atoms with Crippen LogP contribution in [0.1, 0.15) is 31.1 Å². The number of aromatic nitrogens is 1. The largest absolute Gasteiger partial charge is 0.490 e. The molecule has 0 bridgehead atoms. The molecule has 7 nitrogen and oxygen atoms in total. The molecule has 37 heavy (non-hydrogen) atoms. The van der Waals surface area contributed by atoms with Crippen molar-refractivity contribution in [1.29, 1.82) is 0 Å². The fraction of sp³-hybridized carbons (Fsp3) is 0.222. The first-order chi connectivity index (χ1) is 17.9. The fourth-order valence-electron chi connectivity index (χ4n) is 3.64. The van der Waals surface area contributed by atoms with Crippen LogP contribution in [0, 0.1) is 0 Å². The van der Waals surface area contributed by atoms with E-state index < -0.39 is 5.91 Å². The summed E-state index contributed by atoms with van der Waals surface area (Å²) in [5, 5.41) is 6.90. The van der Waals surface area contributed by atoms with E-state index in [9.17, 15) is 4.79 Å². The van der Waals surface area contributed by atoms with Crippen molar-refractivity contribution in [2.75, 3.05) is 25.1 Å². The lowest BCUT2D eigenvalue weighted by atomic mass is 10.1. The van der Waals surface area contributed by atoms with Crippen LogP contribution >= 0.6 is 39.5 Å². The second-order valence-electron chi connectivity index (χ2n) is 7.69. The topological polar surface area (TPSA) is 81.7 Å². The molecule has 1 aromatic heterocycles. The third-order valence-corrected chi connectivity index (χ3v) is 6.92. The van der Waals surface area contributed by atoms with E-state index in [1.54, 1.807) is 23.5 Å². The minimum absolute atomic E-state index is 0.152. The van der Waals surface area contributed by atoms with Gasteiger partial charge in [-0.3, -0.25) is 10.1 Å². The fourth-order valence-corrected chi connectivity index (χ4v) is 5.20.